The number of aryl methyl sites for hydroxylation is 1. The lowest BCUT2D eigenvalue weighted by Crippen LogP contribution is -2.30. The van der Waals surface area contributed by atoms with Gasteiger partial charge in [0.2, 0.25) is 5.91 Å². The standard InChI is InChI=1S/C17H23N3O2S/c1-12(2)15(21)10-16(22)19-7-3-4-17-20-14(11-23-17)13-5-8-18-9-6-13/h5-6,8-9,11-12,15,21H,3-4,7,10H2,1-2H3,(H,19,22). The summed E-state index contributed by atoms with van der Waals surface area (Å²) in [5.74, 6) is 0.00508. The van der Waals surface area contributed by atoms with E-state index in [-0.39, 0.29) is 18.2 Å². The van der Waals surface area contributed by atoms with Crippen LogP contribution in [0.5, 0.6) is 0 Å². The monoisotopic (exact) mass is 333 g/mol. The predicted octanol–water partition coefficient (Wildman–Crippen LogP) is 2.66. The molecule has 0 saturated carbocycles. The van der Waals surface area contributed by atoms with Crippen LogP contribution < -0.4 is 5.32 Å². The van der Waals surface area contributed by atoms with Gasteiger partial charge in [-0.1, -0.05) is 13.8 Å². The fraction of sp³-hybridized carbons (Fsp3) is 0.471. The first-order valence-corrected chi connectivity index (χ1v) is 8.74. The Bertz CT molecular complexity index is 613. The average molecular weight is 333 g/mol. The van der Waals surface area contributed by atoms with Crippen LogP contribution in [-0.2, 0) is 11.2 Å². The number of amides is 1. The summed E-state index contributed by atoms with van der Waals surface area (Å²) in [4.78, 5) is 20.3. The van der Waals surface area contributed by atoms with E-state index >= 15 is 0 Å². The van der Waals surface area contributed by atoms with E-state index in [0.29, 0.717) is 6.54 Å². The van der Waals surface area contributed by atoms with Crippen LogP contribution in [0, 0.1) is 5.92 Å². The Morgan fingerprint density at radius 1 is 1.35 bits per heavy atom. The van der Waals surface area contributed by atoms with Gasteiger partial charge in [0, 0.05) is 36.3 Å². The van der Waals surface area contributed by atoms with Crippen molar-refractivity contribution in [3.05, 3.63) is 34.9 Å². The van der Waals surface area contributed by atoms with Gasteiger partial charge in [-0.2, -0.15) is 0 Å². The summed E-state index contributed by atoms with van der Waals surface area (Å²) in [6, 6.07) is 3.89. The highest BCUT2D eigenvalue weighted by molar-refractivity contribution is 7.09. The lowest BCUT2D eigenvalue weighted by molar-refractivity contribution is -0.123. The lowest BCUT2D eigenvalue weighted by Gasteiger charge is -2.13. The Morgan fingerprint density at radius 3 is 2.78 bits per heavy atom. The number of aliphatic hydroxyl groups excluding tert-OH is 1. The number of nitrogens with one attached hydrogen (secondary N) is 1. The van der Waals surface area contributed by atoms with E-state index in [1.807, 2.05) is 31.4 Å². The smallest absolute Gasteiger partial charge is 0.222 e. The molecule has 2 aromatic rings. The first kappa shape index (κ1) is 17.6. The molecule has 2 heterocycles. The van der Waals surface area contributed by atoms with Crippen molar-refractivity contribution in [2.75, 3.05) is 6.54 Å². The largest absolute Gasteiger partial charge is 0.392 e. The number of carbonyl (C=O) groups excluding carboxylic acids is 1. The minimum atomic E-state index is -0.572. The topological polar surface area (TPSA) is 75.1 Å². The van der Waals surface area contributed by atoms with Crippen molar-refractivity contribution < 1.29 is 9.90 Å². The van der Waals surface area contributed by atoms with E-state index in [4.69, 9.17) is 0 Å². The second-order valence-electron chi connectivity index (χ2n) is 5.83. The summed E-state index contributed by atoms with van der Waals surface area (Å²) in [5.41, 5.74) is 2.04. The number of hydrogen-bond acceptors (Lipinski definition) is 5. The van der Waals surface area contributed by atoms with Gasteiger partial charge in [-0.3, -0.25) is 9.78 Å². The molecule has 0 spiro atoms. The van der Waals surface area contributed by atoms with E-state index in [2.05, 4.69) is 15.3 Å². The molecule has 124 valence electrons. The molecular weight excluding hydrogens is 310 g/mol. The van der Waals surface area contributed by atoms with Crippen molar-refractivity contribution in [2.24, 2.45) is 5.92 Å². The second kappa shape index (κ2) is 8.74. The fourth-order valence-corrected chi connectivity index (χ4v) is 2.90. The van der Waals surface area contributed by atoms with Crippen LogP contribution in [0.3, 0.4) is 0 Å². The number of hydrogen-bond donors (Lipinski definition) is 2. The maximum absolute atomic E-state index is 11.7. The zero-order valence-corrected chi connectivity index (χ0v) is 14.3. The molecule has 0 aliphatic carbocycles. The first-order chi connectivity index (χ1) is 11.1. The van der Waals surface area contributed by atoms with Crippen LogP contribution in [0.4, 0.5) is 0 Å². The van der Waals surface area contributed by atoms with Gasteiger partial charge < -0.3 is 10.4 Å². The summed E-state index contributed by atoms with van der Waals surface area (Å²) in [7, 11) is 0. The Balaban J connectivity index is 1.71. The minimum Gasteiger partial charge on any atom is -0.392 e. The highest BCUT2D eigenvalue weighted by Crippen LogP contribution is 2.21. The van der Waals surface area contributed by atoms with Gasteiger partial charge in [0.15, 0.2) is 0 Å². The molecule has 1 amide bonds. The van der Waals surface area contributed by atoms with Crippen LogP contribution in [0.25, 0.3) is 11.3 Å². The second-order valence-corrected chi connectivity index (χ2v) is 6.77. The van der Waals surface area contributed by atoms with Crippen LogP contribution in [-0.4, -0.2) is 33.6 Å². The molecule has 0 radical (unpaired) electrons. The summed E-state index contributed by atoms with van der Waals surface area (Å²) >= 11 is 1.63. The zero-order valence-electron chi connectivity index (χ0n) is 13.5. The van der Waals surface area contributed by atoms with Crippen LogP contribution in [0.15, 0.2) is 29.9 Å². The molecular formula is C17H23N3O2S. The molecule has 2 rings (SSSR count). The van der Waals surface area contributed by atoms with E-state index in [0.717, 1.165) is 29.1 Å². The quantitative estimate of drug-likeness (QED) is 0.728. The van der Waals surface area contributed by atoms with Crippen molar-refractivity contribution in [3.63, 3.8) is 0 Å². The molecule has 23 heavy (non-hydrogen) atoms. The highest BCUT2D eigenvalue weighted by atomic mass is 32.1. The van der Waals surface area contributed by atoms with Gasteiger partial charge >= 0.3 is 0 Å². The molecule has 2 aromatic heterocycles. The predicted molar refractivity (Wildman–Crippen MR) is 92.1 cm³/mol. The molecule has 0 saturated heterocycles. The van der Waals surface area contributed by atoms with Crippen LogP contribution in [0.2, 0.25) is 0 Å². The fourth-order valence-electron chi connectivity index (χ4n) is 2.05. The number of thiazole rings is 1. The number of rotatable bonds is 8. The normalized spacial score (nSPS) is 12.3. The van der Waals surface area contributed by atoms with Crippen molar-refractivity contribution in [1.82, 2.24) is 15.3 Å². The maximum Gasteiger partial charge on any atom is 0.222 e. The van der Waals surface area contributed by atoms with Crippen LogP contribution >= 0.6 is 11.3 Å². The maximum atomic E-state index is 11.7. The molecule has 1 unspecified atom stereocenters. The summed E-state index contributed by atoms with van der Waals surface area (Å²) in [6.45, 7) is 4.41. The summed E-state index contributed by atoms with van der Waals surface area (Å²) < 4.78 is 0. The van der Waals surface area contributed by atoms with Gasteiger partial charge in [-0.25, -0.2) is 4.98 Å². The highest BCUT2D eigenvalue weighted by Gasteiger charge is 2.13. The van der Waals surface area contributed by atoms with Crippen molar-refractivity contribution in [1.29, 1.82) is 0 Å². The van der Waals surface area contributed by atoms with Gasteiger partial charge in [-0.15, -0.1) is 11.3 Å². The zero-order chi connectivity index (χ0) is 16.7. The van der Waals surface area contributed by atoms with E-state index in [9.17, 15) is 9.90 Å². The van der Waals surface area contributed by atoms with Crippen molar-refractivity contribution in [3.8, 4) is 11.3 Å². The summed E-state index contributed by atoms with van der Waals surface area (Å²) in [6.07, 6.45) is 4.79. The SMILES string of the molecule is CC(C)C(O)CC(=O)NCCCc1nc(-c2ccncc2)cs1. The minimum absolute atomic E-state index is 0.0946. The Hall–Kier alpha value is -1.79. The first-order valence-electron chi connectivity index (χ1n) is 7.86. The molecule has 0 fully saturated rings. The molecule has 0 aliphatic rings. The van der Waals surface area contributed by atoms with Gasteiger partial charge in [-0.05, 0) is 24.5 Å². The number of aliphatic hydroxyl groups is 1. The number of carbonyl (C=O) groups is 1. The Kier molecular flexibility index (Phi) is 6.67. The third-order valence-electron chi connectivity index (χ3n) is 3.58. The molecule has 0 aromatic carbocycles. The third kappa shape index (κ3) is 5.73. The number of nitrogens with zero attached hydrogens (tertiary/aromatic N) is 2. The van der Waals surface area contributed by atoms with Crippen molar-refractivity contribution >= 4 is 17.2 Å². The Labute approximate surface area is 140 Å². The molecule has 6 heteroatoms. The molecule has 5 nitrogen and oxygen atoms in total. The van der Waals surface area contributed by atoms with E-state index in [1.54, 1.807) is 23.7 Å². The van der Waals surface area contributed by atoms with Gasteiger partial charge in [0.25, 0.3) is 0 Å². The third-order valence-corrected chi connectivity index (χ3v) is 4.49. The Morgan fingerprint density at radius 2 is 2.09 bits per heavy atom. The average Bonchev–Trinajstić information content (AvgIpc) is 3.01. The summed E-state index contributed by atoms with van der Waals surface area (Å²) in [5, 5.41) is 15.6. The molecule has 0 aliphatic heterocycles. The lowest BCUT2D eigenvalue weighted by atomic mass is 10.0. The molecule has 2 N–H and O–H groups in total. The molecule has 1 atom stereocenters. The van der Waals surface area contributed by atoms with E-state index < -0.39 is 6.10 Å². The molecule has 0 bridgehead atoms. The van der Waals surface area contributed by atoms with Crippen molar-refractivity contribution in [2.45, 2.75) is 39.2 Å². The van der Waals surface area contributed by atoms with Gasteiger partial charge in [0.1, 0.15) is 0 Å². The van der Waals surface area contributed by atoms with Gasteiger partial charge in [0.05, 0.1) is 23.2 Å². The number of aromatic nitrogens is 2. The number of pyridine rings is 1. The van der Waals surface area contributed by atoms with E-state index in [1.165, 1.54) is 0 Å². The van der Waals surface area contributed by atoms with Crippen LogP contribution in [0.1, 0.15) is 31.7 Å².